The van der Waals surface area contributed by atoms with Crippen LogP contribution in [0.1, 0.15) is 26.1 Å². The molecular formula is C20H23N3OS. The number of thiophene rings is 1. The summed E-state index contributed by atoms with van der Waals surface area (Å²) in [6, 6.07) is 10.0. The number of hydrogen-bond acceptors (Lipinski definition) is 4. The Balaban J connectivity index is 1.66. The molecule has 0 unspecified atom stereocenters. The average molecular weight is 353 g/mol. The molecule has 25 heavy (non-hydrogen) atoms. The first-order valence-electron chi connectivity index (χ1n) is 8.88. The number of nitrogens with one attached hydrogen (secondary N) is 1. The summed E-state index contributed by atoms with van der Waals surface area (Å²) in [4.78, 5) is 23.7. The fraction of sp³-hybridized carbons (Fsp3) is 0.400. The number of benzene rings is 1. The predicted octanol–water partition coefficient (Wildman–Crippen LogP) is 4.13. The third kappa shape index (κ3) is 3.39. The van der Waals surface area contributed by atoms with Crippen molar-refractivity contribution in [2.45, 2.75) is 26.8 Å². The van der Waals surface area contributed by atoms with Crippen LogP contribution in [-0.4, -0.2) is 28.0 Å². The molecule has 1 N–H and O–H groups in total. The van der Waals surface area contributed by atoms with Gasteiger partial charge in [-0.05, 0) is 23.8 Å². The highest BCUT2D eigenvalue weighted by Crippen LogP contribution is 2.30. The highest BCUT2D eigenvalue weighted by molar-refractivity contribution is 7.17. The van der Waals surface area contributed by atoms with Gasteiger partial charge >= 0.3 is 0 Å². The average Bonchev–Trinajstić information content (AvgIpc) is 2.99. The number of rotatable bonds is 3. The van der Waals surface area contributed by atoms with E-state index in [9.17, 15) is 4.79 Å². The molecule has 1 aliphatic rings. The standard InChI is InChI=1S/C20H23N3OS/c1-13-8-14(2)10-23(9-13)11-17-21-19(24)18-16(12-25-20(18)22-17)15-6-4-3-5-7-15/h3-7,12-14H,8-11H2,1-2H3,(H,21,22,24)/t13-,14-/m0/s1. The minimum absolute atomic E-state index is 0.0294. The molecule has 2 atom stereocenters. The molecule has 4 nitrogen and oxygen atoms in total. The van der Waals surface area contributed by atoms with Crippen molar-refractivity contribution in [3.05, 3.63) is 51.9 Å². The molecule has 1 aromatic carbocycles. The molecule has 2 aromatic heterocycles. The third-order valence-electron chi connectivity index (χ3n) is 4.90. The SMILES string of the molecule is C[C@H]1C[C@H](C)CN(Cc2nc3scc(-c4ccccc4)c3c(=O)[nH]2)C1. The second-order valence-corrected chi connectivity index (χ2v) is 8.21. The van der Waals surface area contributed by atoms with Crippen molar-refractivity contribution in [3.8, 4) is 11.1 Å². The van der Waals surface area contributed by atoms with Gasteiger partial charge in [0.2, 0.25) is 0 Å². The zero-order valence-corrected chi connectivity index (χ0v) is 15.5. The Hall–Kier alpha value is -1.98. The first kappa shape index (κ1) is 16.5. The van der Waals surface area contributed by atoms with Crippen molar-refractivity contribution < 1.29 is 0 Å². The first-order valence-corrected chi connectivity index (χ1v) is 9.76. The Morgan fingerprint density at radius 1 is 1.20 bits per heavy atom. The second kappa shape index (κ2) is 6.73. The van der Waals surface area contributed by atoms with E-state index in [0.717, 1.165) is 41.4 Å². The van der Waals surface area contributed by atoms with Crippen LogP contribution in [0.5, 0.6) is 0 Å². The summed E-state index contributed by atoms with van der Waals surface area (Å²) < 4.78 is 0. The van der Waals surface area contributed by atoms with Gasteiger partial charge in [0.1, 0.15) is 10.7 Å². The third-order valence-corrected chi connectivity index (χ3v) is 5.77. The molecule has 130 valence electrons. The molecule has 0 aliphatic carbocycles. The molecule has 0 saturated carbocycles. The highest BCUT2D eigenvalue weighted by atomic mass is 32.1. The molecule has 3 heterocycles. The topological polar surface area (TPSA) is 49.0 Å². The predicted molar refractivity (Wildman–Crippen MR) is 104 cm³/mol. The van der Waals surface area contributed by atoms with Crippen LogP contribution in [0.4, 0.5) is 0 Å². The van der Waals surface area contributed by atoms with Gasteiger partial charge in [0.25, 0.3) is 5.56 Å². The summed E-state index contributed by atoms with van der Waals surface area (Å²) in [5, 5.41) is 2.75. The lowest BCUT2D eigenvalue weighted by Gasteiger charge is -2.34. The largest absolute Gasteiger partial charge is 0.309 e. The highest BCUT2D eigenvalue weighted by Gasteiger charge is 2.22. The molecular weight excluding hydrogens is 330 g/mol. The normalized spacial score (nSPS) is 21.7. The number of aromatic nitrogens is 2. The fourth-order valence-electron chi connectivity index (χ4n) is 4.03. The zero-order valence-electron chi connectivity index (χ0n) is 14.7. The maximum Gasteiger partial charge on any atom is 0.260 e. The monoisotopic (exact) mass is 353 g/mol. The van der Waals surface area contributed by atoms with E-state index in [1.807, 2.05) is 35.7 Å². The van der Waals surface area contributed by atoms with E-state index in [2.05, 4.69) is 23.7 Å². The lowest BCUT2D eigenvalue weighted by atomic mass is 9.92. The van der Waals surface area contributed by atoms with E-state index in [0.29, 0.717) is 17.2 Å². The number of nitrogens with zero attached hydrogens (tertiary/aromatic N) is 2. The van der Waals surface area contributed by atoms with Crippen LogP contribution in [0.3, 0.4) is 0 Å². The Morgan fingerprint density at radius 2 is 1.92 bits per heavy atom. The number of aromatic amines is 1. The zero-order chi connectivity index (χ0) is 17.4. The Kier molecular flexibility index (Phi) is 4.44. The summed E-state index contributed by atoms with van der Waals surface area (Å²) in [6.07, 6.45) is 1.28. The molecule has 3 aromatic rings. The summed E-state index contributed by atoms with van der Waals surface area (Å²) in [5.74, 6) is 2.18. The van der Waals surface area contributed by atoms with Gasteiger partial charge in [-0.15, -0.1) is 11.3 Å². The molecule has 4 rings (SSSR count). The van der Waals surface area contributed by atoms with Crippen molar-refractivity contribution in [1.29, 1.82) is 0 Å². The molecule has 0 amide bonds. The van der Waals surface area contributed by atoms with Crippen LogP contribution in [0.25, 0.3) is 21.3 Å². The van der Waals surface area contributed by atoms with E-state index in [4.69, 9.17) is 4.98 Å². The molecule has 1 aliphatic heterocycles. The van der Waals surface area contributed by atoms with E-state index in [-0.39, 0.29) is 5.56 Å². The number of piperidine rings is 1. The molecule has 0 radical (unpaired) electrons. The Bertz CT molecular complexity index is 921. The lowest BCUT2D eigenvalue weighted by Crippen LogP contribution is -2.38. The summed E-state index contributed by atoms with van der Waals surface area (Å²) in [6.45, 7) is 7.47. The van der Waals surface area contributed by atoms with Crippen molar-refractivity contribution >= 4 is 21.6 Å². The van der Waals surface area contributed by atoms with Gasteiger partial charge in [0, 0.05) is 24.0 Å². The minimum Gasteiger partial charge on any atom is -0.309 e. The first-order chi connectivity index (χ1) is 12.1. The van der Waals surface area contributed by atoms with Crippen LogP contribution in [0, 0.1) is 11.8 Å². The Morgan fingerprint density at radius 3 is 2.64 bits per heavy atom. The maximum absolute atomic E-state index is 12.7. The minimum atomic E-state index is -0.0294. The van der Waals surface area contributed by atoms with Crippen LogP contribution in [0.15, 0.2) is 40.5 Å². The fourth-order valence-corrected chi connectivity index (χ4v) is 5.00. The van der Waals surface area contributed by atoms with Crippen LogP contribution in [-0.2, 0) is 6.54 Å². The molecule has 0 spiro atoms. The number of H-pyrrole nitrogens is 1. The summed E-state index contributed by atoms with van der Waals surface area (Å²) in [5.41, 5.74) is 2.01. The molecule has 0 bridgehead atoms. The maximum atomic E-state index is 12.7. The van der Waals surface area contributed by atoms with Gasteiger partial charge in [0.15, 0.2) is 0 Å². The van der Waals surface area contributed by atoms with Gasteiger partial charge in [-0.1, -0.05) is 44.2 Å². The van der Waals surface area contributed by atoms with Gasteiger partial charge in [-0.2, -0.15) is 0 Å². The lowest BCUT2D eigenvalue weighted by molar-refractivity contribution is 0.131. The van der Waals surface area contributed by atoms with Crippen LogP contribution in [0.2, 0.25) is 0 Å². The number of fused-ring (bicyclic) bond motifs is 1. The van der Waals surface area contributed by atoms with E-state index >= 15 is 0 Å². The summed E-state index contributed by atoms with van der Waals surface area (Å²) >= 11 is 1.55. The quantitative estimate of drug-likeness (QED) is 0.770. The van der Waals surface area contributed by atoms with Gasteiger partial charge in [-0.25, -0.2) is 4.98 Å². The van der Waals surface area contributed by atoms with Crippen molar-refractivity contribution in [2.24, 2.45) is 11.8 Å². The summed E-state index contributed by atoms with van der Waals surface area (Å²) in [7, 11) is 0. The van der Waals surface area contributed by atoms with Gasteiger partial charge in [0.05, 0.1) is 11.9 Å². The second-order valence-electron chi connectivity index (χ2n) is 7.35. The van der Waals surface area contributed by atoms with Crippen molar-refractivity contribution in [1.82, 2.24) is 14.9 Å². The van der Waals surface area contributed by atoms with Crippen molar-refractivity contribution in [2.75, 3.05) is 13.1 Å². The number of likely N-dealkylation sites (tertiary alicyclic amines) is 1. The van der Waals surface area contributed by atoms with Gasteiger partial charge in [-0.3, -0.25) is 9.69 Å². The smallest absolute Gasteiger partial charge is 0.260 e. The van der Waals surface area contributed by atoms with E-state index < -0.39 is 0 Å². The van der Waals surface area contributed by atoms with E-state index in [1.54, 1.807) is 11.3 Å². The molecule has 1 fully saturated rings. The Labute approximate surface area is 151 Å². The number of hydrogen-bond donors (Lipinski definition) is 1. The van der Waals surface area contributed by atoms with Crippen molar-refractivity contribution in [3.63, 3.8) is 0 Å². The molecule has 5 heteroatoms. The van der Waals surface area contributed by atoms with Crippen LogP contribution < -0.4 is 5.56 Å². The van der Waals surface area contributed by atoms with E-state index in [1.165, 1.54) is 6.42 Å². The van der Waals surface area contributed by atoms with Gasteiger partial charge < -0.3 is 4.98 Å². The molecule has 1 saturated heterocycles. The van der Waals surface area contributed by atoms with Crippen LogP contribution >= 0.6 is 11.3 Å².